The fourth-order valence-corrected chi connectivity index (χ4v) is 2.88. The lowest BCUT2D eigenvalue weighted by atomic mass is 9.99. The second-order valence-electron chi connectivity index (χ2n) is 5.99. The number of aromatic carboxylic acids is 1. The Morgan fingerprint density at radius 2 is 2.08 bits per heavy atom. The molecule has 0 atom stereocenters. The minimum atomic E-state index is -1.14. The number of benzene rings is 1. The van der Waals surface area contributed by atoms with Crippen molar-refractivity contribution in [2.75, 3.05) is 13.2 Å². The average molecular weight is 340 g/mol. The molecule has 1 amide bonds. The normalized spacial score (nSPS) is 13.2. The van der Waals surface area contributed by atoms with E-state index in [1.165, 1.54) is 17.8 Å². The van der Waals surface area contributed by atoms with Gasteiger partial charge in [0, 0.05) is 24.8 Å². The molecule has 0 aliphatic carbocycles. The largest absolute Gasteiger partial charge is 0.494 e. The molecule has 1 aromatic heterocycles. The molecule has 6 heteroatoms. The highest BCUT2D eigenvalue weighted by Crippen LogP contribution is 2.25. The molecule has 0 unspecified atom stereocenters. The van der Waals surface area contributed by atoms with Crippen LogP contribution < -0.4 is 4.74 Å². The fraction of sp³-hybridized carbons (Fsp3) is 0.316. The van der Waals surface area contributed by atoms with Gasteiger partial charge in [-0.1, -0.05) is 13.0 Å². The van der Waals surface area contributed by atoms with Crippen LogP contribution in [0.15, 0.2) is 36.5 Å². The Bertz CT molecular complexity index is 804. The smallest absolute Gasteiger partial charge is 0.354 e. The first-order valence-electron chi connectivity index (χ1n) is 8.31. The Hall–Kier alpha value is -2.89. The third-order valence-corrected chi connectivity index (χ3v) is 4.18. The van der Waals surface area contributed by atoms with Gasteiger partial charge >= 0.3 is 5.97 Å². The van der Waals surface area contributed by atoms with Crippen LogP contribution in [0.25, 0.3) is 0 Å². The Balaban J connectivity index is 1.75. The first kappa shape index (κ1) is 17.0. The Morgan fingerprint density at radius 3 is 2.84 bits per heavy atom. The summed E-state index contributed by atoms with van der Waals surface area (Å²) < 4.78 is 5.66. The highest BCUT2D eigenvalue weighted by molar-refractivity contribution is 5.96. The van der Waals surface area contributed by atoms with Gasteiger partial charge in [-0.2, -0.15) is 0 Å². The number of carboxylic acids is 1. The molecular formula is C19H20N2O4. The highest BCUT2D eigenvalue weighted by atomic mass is 16.5. The number of carbonyl (C=O) groups is 2. The topological polar surface area (TPSA) is 79.7 Å². The van der Waals surface area contributed by atoms with Crippen molar-refractivity contribution in [3.05, 3.63) is 58.9 Å². The maximum Gasteiger partial charge on any atom is 0.354 e. The van der Waals surface area contributed by atoms with Crippen LogP contribution in [0.1, 0.15) is 45.3 Å². The molecule has 25 heavy (non-hydrogen) atoms. The number of amides is 1. The number of hydrogen-bond acceptors (Lipinski definition) is 4. The molecule has 0 radical (unpaired) electrons. The molecule has 1 aromatic carbocycles. The molecule has 3 rings (SSSR count). The van der Waals surface area contributed by atoms with E-state index in [9.17, 15) is 9.59 Å². The van der Waals surface area contributed by atoms with Gasteiger partial charge in [-0.3, -0.25) is 4.79 Å². The number of carboxylic acid groups (broad SMARTS) is 1. The van der Waals surface area contributed by atoms with Gasteiger partial charge < -0.3 is 14.7 Å². The summed E-state index contributed by atoms with van der Waals surface area (Å²) in [6, 6.07) is 8.84. The van der Waals surface area contributed by atoms with Crippen molar-refractivity contribution in [3.8, 4) is 5.75 Å². The quantitative estimate of drug-likeness (QED) is 0.905. The Morgan fingerprint density at radius 1 is 1.24 bits per heavy atom. The molecule has 2 heterocycles. The molecule has 130 valence electrons. The standard InChI is InChI=1S/C19H20N2O4/c1-2-9-25-16-4-3-15-12-21(8-6-13(15)10-16)18(22)14-5-7-20-17(11-14)19(23)24/h3-5,7,10-11H,2,6,8-9,12H2,1H3,(H,23,24). The SMILES string of the molecule is CCCOc1ccc2c(c1)CCN(C(=O)c1ccnc(C(=O)O)c1)C2. The maximum absolute atomic E-state index is 12.7. The van der Waals surface area contributed by atoms with E-state index in [-0.39, 0.29) is 11.6 Å². The summed E-state index contributed by atoms with van der Waals surface area (Å²) in [6.07, 6.45) is 3.07. The number of fused-ring (bicyclic) bond motifs is 1. The summed E-state index contributed by atoms with van der Waals surface area (Å²) in [7, 11) is 0. The molecular weight excluding hydrogens is 320 g/mol. The molecule has 6 nitrogen and oxygen atoms in total. The van der Waals surface area contributed by atoms with Gasteiger partial charge in [0.15, 0.2) is 0 Å². The highest BCUT2D eigenvalue weighted by Gasteiger charge is 2.23. The number of rotatable bonds is 5. The van der Waals surface area contributed by atoms with Gasteiger partial charge in [0.2, 0.25) is 0 Å². The summed E-state index contributed by atoms with van der Waals surface area (Å²) in [5.74, 6) is -0.458. The van der Waals surface area contributed by atoms with Gasteiger partial charge in [0.25, 0.3) is 5.91 Å². The van der Waals surface area contributed by atoms with Crippen LogP contribution in [0.4, 0.5) is 0 Å². The first-order chi connectivity index (χ1) is 12.1. The molecule has 1 N–H and O–H groups in total. The van der Waals surface area contributed by atoms with Gasteiger partial charge in [0.1, 0.15) is 11.4 Å². The van der Waals surface area contributed by atoms with Crippen LogP contribution in [0.3, 0.4) is 0 Å². The summed E-state index contributed by atoms with van der Waals surface area (Å²) >= 11 is 0. The van der Waals surface area contributed by atoms with Crippen molar-refractivity contribution in [1.29, 1.82) is 0 Å². The van der Waals surface area contributed by atoms with Crippen molar-refractivity contribution in [2.45, 2.75) is 26.3 Å². The molecule has 1 aliphatic heterocycles. The van der Waals surface area contributed by atoms with Crippen molar-refractivity contribution in [1.82, 2.24) is 9.88 Å². The van der Waals surface area contributed by atoms with Gasteiger partial charge in [-0.05, 0) is 48.2 Å². The van der Waals surface area contributed by atoms with Crippen LogP contribution in [-0.2, 0) is 13.0 Å². The molecule has 0 saturated heterocycles. The maximum atomic E-state index is 12.7. The molecule has 0 saturated carbocycles. The molecule has 2 aromatic rings. The Kier molecular flexibility index (Phi) is 4.97. The zero-order valence-electron chi connectivity index (χ0n) is 14.1. The second kappa shape index (κ2) is 7.34. The number of aromatic nitrogens is 1. The van der Waals surface area contributed by atoms with Crippen LogP contribution in [-0.4, -0.2) is 40.0 Å². The fourth-order valence-electron chi connectivity index (χ4n) is 2.88. The summed E-state index contributed by atoms with van der Waals surface area (Å²) in [6.45, 7) is 3.86. The zero-order valence-corrected chi connectivity index (χ0v) is 14.1. The molecule has 0 spiro atoms. The van der Waals surface area contributed by atoms with Crippen molar-refractivity contribution in [2.24, 2.45) is 0 Å². The molecule has 0 fully saturated rings. The summed E-state index contributed by atoms with van der Waals surface area (Å²) in [4.78, 5) is 29.2. The van der Waals surface area contributed by atoms with Crippen LogP contribution in [0, 0.1) is 0 Å². The third kappa shape index (κ3) is 3.79. The van der Waals surface area contributed by atoms with E-state index >= 15 is 0 Å². The molecule has 0 bridgehead atoms. The van der Waals surface area contributed by atoms with Gasteiger partial charge in [0.05, 0.1) is 6.61 Å². The number of nitrogens with zero attached hydrogens (tertiary/aromatic N) is 2. The van der Waals surface area contributed by atoms with Crippen molar-refractivity contribution >= 4 is 11.9 Å². The van der Waals surface area contributed by atoms with E-state index < -0.39 is 5.97 Å². The van der Waals surface area contributed by atoms with E-state index in [0.717, 1.165) is 24.2 Å². The lowest BCUT2D eigenvalue weighted by molar-refractivity contribution is 0.0690. The zero-order chi connectivity index (χ0) is 17.8. The second-order valence-corrected chi connectivity index (χ2v) is 5.99. The van der Waals surface area contributed by atoms with E-state index in [1.807, 2.05) is 18.2 Å². The van der Waals surface area contributed by atoms with E-state index in [0.29, 0.717) is 25.3 Å². The number of ether oxygens (including phenoxy) is 1. The van der Waals surface area contributed by atoms with Gasteiger partial charge in [-0.15, -0.1) is 0 Å². The van der Waals surface area contributed by atoms with Crippen molar-refractivity contribution < 1.29 is 19.4 Å². The predicted octanol–water partition coefficient (Wildman–Crippen LogP) is 2.77. The monoisotopic (exact) mass is 340 g/mol. The summed E-state index contributed by atoms with van der Waals surface area (Å²) in [5, 5.41) is 9.02. The Labute approximate surface area is 146 Å². The van der Waals surface area contributed by atoms with E-state index in [4.69, 9.17) is 9.84 Å². The average Bonchev–Trinajstić information content (AvgIpc) is 2.65. The minimum Gasteiger partial charge on any atom is -0.494 e. The predicted molar refractivity (Wildman–Crippen MR) is 91.9 cm³/mol. The lowest BCUT2D eigenvalue weighted by Crippen LogP contribution is -2.36. The van der Waals surface area contributed by atoms with E-state index in [1.54, 1.807) is 11.0 Å². The van der Waals surface area contributed by atoms with Crippen LogP contribution in [0.5, 0.6) is 5.75 Å². The van der Waals surface area contributed by atoms with Crippen molar-refractivity contribution in [3.63, 3.8) is 0 Å². The number of hydrogen-bond donors (Lipinski definition) is 1. The van der Waals surface area contributed by atoms with Gasteiger partial charge in [-0.25, -0.2) is 9.78 Å². The molecule has 1 aliphatic rings. The first-order valence-corrected chi connectivity index (χ1v) is 8.31. The van der Waals surface area contributed by atoms with Crippen LogP contribution >= 0.6 is 0 Å². The number of carbonyl (C=O) groups excluding carboxylic acids is 1. The number of pyridine rings is 1. The van der Waals surface area contributed by atoms with E-state index in [2.05, 4.69) is 11.9 Å². The minimum absolute atomic E-state index is 0.124. The third-order valence-electron chi connectivity index (χ3n) is 4.18. The lowest BCUT2D eigenvalue weighted by Gasteiger charge is -2.29. The van der Waals surface area contributed by atoms with Crippen LogP contribution in [0.2, 0.25) is 0 Å². The summed E-state index contributed by atoms with van der Waals surface area (Å²) in [5.41, 5.74) is 2.51.